The number of hydrogen-bond donors (Lipinski definition) is 2. The molecule has 1 heterocycles. The Morgan fingerprint density at radius 1 is 0.963 bits per heavy atom. The van der Waals surface area contributed by atoms with Crippen LogP contribution < -0.4 is 10.9 Å². The number of carbonyl (C=O) groups excluding carboxylic acids is 2. The van der Waals surface area contributed by atoms with Gasteiger partial charge in [0.2, 0.25) is 5.91 Å². The van der Waals surface area contributed by atoms with Gasteiger partial charge in [-0.15, -0.1) is 10.2 Å². The van der Waals surface area contributed by atoms with Crippen LogP contribution in [-0.4, -0.2) is 32.3 Å². The molecule has 0 spiro atoms. The van der Waals surface area contributed by atoms with E-state index in [0.717, 1.165) is 17.1 Å². The van der Waals surface area contributed by atoms with Gasteiger partial charge in [0, 0.05) is 11.3 Å². The van der Waals surface area contributed by atoms with Crippen molar-refractivity contribution in [2.24, 2.45) is 0 Å². The van der Waals surface area contributed by atoms with Gasteiger partial charge >= 0.3 is 0 Å². The second-order valence-corrected chi connectivity index (χ2v) is 6.75. The summed E-state index contributed by atoms with van der Waals surface area (Å²) >= 11 is 1.25. The zero-order chi connectivity index (χ0) is 19.2. The summed E-state index contributed by atoms with van der Waals surface area (Å²) < 4.78 is 1.88. The van der Waals surface area contributed by atoms with Crippen LogP contribution in [0.3, 0.4) is 0 Å². The fourth-order valence-corrected chi connectivity index (χ4v) is 3.30. The zero-order valence-corrected chi connectivity index (χ0v) is 15.8. The third kappa shape index (κ3) is 4.53. The molecule has 0 aliphatic carbocycles. The molecule has 0 aliphatic rings. The normalized spacial score (nSPS) is 10.4. The molecule has 0 radical (unpaired) electrons. The molecule has 2 aromatic carbocycles. The van der Waals surface area contributed by atoms with Crippen LogP contribution >= 0.6 is 11.8 Å². The molecular formula is C19H19N5O2S. The lowest BCUT2D eigenvalue weighted by Crippen LogP contribution is -2.42. The van der Waals surface area contributed by atoms with Crippen LogP contribution in [0.4, 0.5) is 0 Å². The van der Waals surface area contributed by atoms with Crippen LogP contribution in [0.15, 0.2) is 59.8 Å². The number of hydrazine groups is 1. The van der Waals surface area contributed by atoms with Crippen LogP contribution in [0, 0.1) is 13.8 Å². The van der Waals surface area contributed by atoms with E-state index in [1.165, 1.54) is 11.8 Å². The molecular weight excluding hydrogens is 362 g/mol. The Morgan fingerprint density at radius 3 is 2.41 bits per heavy atom. The number of carbonyl (C=O) groups is 2. The first-order valence-electron chi connectivity index (χ1n) is 8.31. The van der Waals surface area contributed by atoms with E-state index in [1.807, 2.05) is 60.9 Å². The zero-order valence-electron chi connectivity index (χ0n) is 15.0. The predicted molar refractivity (Wildman–Crippen MR) is 104 cm³/mol. The molecule has 0 aliphatic heterocycles. The highest BCUT2D eigenvalue weighted by Gasteiger charge is 2.14. The Balaban J connectivity index is 1.58. The molecule has 2 N–H and O–H groups in total. The first kappa shape index (κ1) is 18.7. The number of nitrogens with one attached hydrogen (secondary N) is 2. The lowest BCUT2D eigenvalue weighted by molar-refractivity contribution is -0.119. The standard InChI is InChI=1S/C19H19N5O2S/c1-13-8-6-7-11-16(13)18(26)22-21-17(25)12-27-19-23-20-14(2)24(19)15-9-4-3-5-10-15/h3-11H,12H2,1-2H3,(H,21,25)(H,22,26). The number of para-hydroxylation sites is 1. The van der Waals surface area contributed by atoms with Crippen LogP contribution in [0.25, 0.3) is 5.69 Å². The van der Waals surface area contributed by atoms with Gasteiger partial charge in [-0.3, -0.25) is 25.0 Å². The number of thioether (sulfide) groups is 1. The molecule has 7 nitrogen and oxygen atoms in total. The van der Waals surface area contributed by atoms with Crippen molar-refractivity contribution in [3.63, 3.8) is 0 Å². The minimum atomic E-state index is -0.352. The van der Waals surface area contributed by atoms with Gasteiger partial charge in [-0.1, -0.05) is 48.2 Å². The summed E-state index contributed by atoms with van der Waals surface area (Å²) in [5.74, 6) is 0.146. The third-order valence-electron chi connectivity index (χ3n) is 3.85. The smallest absolute Gasteiger partial charge is 0.269 e. The lowest BCUT2D eigenvalue weighted by atomic mass is 10.1. The first-order chi connectivity index (χ1) is 13.1. The van der Waals surface area contributed by atoms with Gasteiger partial charge in [0.1, 0.15) is 5.82 Å². The number of aromatic nitrogens is 3. The average Bonchev–Trinajstić information content (AvgIpc) is 3.06. The SMILES string of the molecule is Cc1ccccc1C(=O)NNC(=O)CSc1nnc(C)n1-c1ccccc1. The third-order valence-corrected chi connectivity index (χ3v) is 4.78. The summed E-state index contributed by atoms with van der Waals surface area (Å²) in [6.45, 7) is 3.69. The van der Waals surface area contributed by atoms with Gasteiger partial charge in [-0.05, 0) is 37.6 Å². The second-order valence-electron chi connectivity index (χ2n) is 5.81. The second kappa shape index (κ2) is 8.50. The molecule has 0 bridgehead atoms. The molecule has 0 saturated carbocycles. The molecule has 0 fully saturated rings. The van der Waals surface area contributed by atoms with Crippen molar-refractivity contribution < 1.29 is 9.59 Å². The van der Waals surface area contributed by atoms with E-state index in [1.54, 1.807) is 12.1 Å². The maximum Gasteiger partial charge on any atom is 0.269 e. The number of rotatable bonds is 5. The Hall–Kier alpha value is -3.13. The maximum absolute atomic E-state index is 12.1. The maximum atomic E-state index is 12.1. The van der Waals surface area contributed by atoms with E-state index in [9.17, 15) is 9.59 Å². The Morgan fingerprint density at radius 2 is 1.67 bits per heavy atom. The molecule has 27 heavy (non-hydrogen) atoms. The largest absolute Gasteiger partial charge is 0.274 e. The van der Waals surface area contributed by atoms with Crippen molar-refractivity contribution in [2.75, 3.05) is 5.75 Å². The highest BCUT2D eigenvalue weighted by Crippen LogP contribution is 2.21. The van der Waals surface area contributed by atoms with Crippen LogP contribution in [0.5, 0.6) is 0 Å². The number of aryl methyl sites for hydroxylation is 2. The molecule has 0 unspecified atom stereocenters. The van der Waals surface area contributed by atoms with E-state index in [2.05, 4.69) is 21.0 Å². The van der Waals surface area contributed by atoms with E-state index >= 15 is 0 Å². The van der Waals surface area contributed by atoms with Crippen molar-refractivity contribution in [2.45, 2.75) is 19.0 Å². The van der Waals surface area contributed by atoms with E-state index in [-0.39, 0.29) is 17.6 Å². The van der Waals surface area contributed by atoms with Gasteiger partial charge in [0.25, 0.3) is 5.91 Å². The molecule has 138 valence electrons. The molecule has 0 atom stereocenters. The van der Waals surface area contributed by atoms with Crippen molar-refractivity contribution >= 4 is 23.6 Å². The number of benzene rings is 2. The van der Waals surface area contributed by atoms with E-state index in [0.29, 0.717) is 10.7 Å². The first-order valence-corrected chi connectivity index (χ1v) is 9.30. The van der Waals surface area contributed by atoms with Gasteiger partial charge < -0.3 is 0 Å². The summed E-state index contributed by atoms with van der Waals surface area (Å²) in [5.41, 5.74) is 7.14. The fraction of sp³-hybridized carbons (Fsp3) is 0.158. The molecule has 3 aromatic rings. The van der Waals surface area contributed by atoms with Crippen molar-refractivity contribution in [1.82, 2.24) is 25.6 Å². The lowest BCUT2D eigenvalue weighted by Gasteiger charge is -2.10. The summed E-state index contributed by atoms with van der Waals surface area (Å²) in [4.78, 5) is 24.2. The average molecular weight is 381 g/mol. The quantitative estimate of drug-likeness (QED) is 0.523. The minimum absolute atomic E-state index is 0.0962. The number of hydrogen-bond acceptors (Lipinski definition) is 5. The summed E-state index contributed by atoms with van der Waals surface area (Å²) in [6, 6.07) is 16.9. The van der Waals surface area contributed by atoms with Crippen molar-refractivity contribution in [3.8, 4) is 5.69 Å². The summed E-state index contributed by atoms with van der Waals surface area (Å²) in [5, 5.41) is 8.82. The van der Waals surface area contributed by atoms with Crippen LogP contribution in [0.2, 0.25) is 0 Å². The molecule has 2 amide bonds. The topological polar surface area (TPSA) is 88.9 Å². The van der Waals surface area contributed by atoms with Crippen LogP contribution in [-0.2, 0) is 4.79 Å². The highest BCUT2D eigenvalue weighted by molar-refractivity contribution is 7.99. The monoisotopic (exact) mass is 381 g/mol. The van der Waals surface area contributed by atoms with E-state index < -0.39 is 0 Å². The van der Waals surface area contributed by atoms with Crippen LogP contribution in [0.1, 0.15) is 21.7 Å². The highest BCUT2D eigenvalue weighted by atomic mass is 32.2. The van der Waals surface area contributed by atoms with Gasteiger partial charge in [-0.25, -0.2) is 0 Å². The molecule has 1 aromatic heterocycles. The Kier molecular flexibility index (Phi) is 5.87. The minimum Gasteiger partial charge on any atom is -0.274 e. The molecule has 8 heteroatoms. The fourth-order valence-electron chi connectivity index (χ4n) is 2.50. The number of amides is 2. The number of nitrogens with zero attached hydrogens (tertiary/aromatic N) is 3. The Bertz CT molecular complexity index is 956. The van der Waals surface area contributed by atoms with Gasteiger partial charge in [-0.2, -0.15) is 0 Å². The molecule has 3 rings (SSSR count). The summed E-state index contributed by atoms with van der Waals surface area (Å²) in [7, 11) is 0. The Labute approximate surface area is 161 Å². The molecule has 0 saturated heterocycles. The predicted octanol–water partition coefficient (Wildman–Crippen LogP) is 2.44. The summed E-state index contributed by atoms with van der Waals surface area (Å²) in [6.07, 6.45) is 0. The van der Waals surface area contributed by atoms with E-state index in [4.69, 9.17) is 0 Å². The van der Waals surface area contributed by atoms with Gasteiger partial charge in [0.15, 0.2) is 5.16 Å². The van der Waals surface area contributed by atoms with Crippen molar-refractivity contribution in [1.29, 1.82) is 0 Å². The van der Waals surface area contributed by atoms with Gasteiger partial charge in [0.05, 0.1) is 5.75 Å². The van der Waals surface area contributed by atoms with Crippen molar-refractivity contribution in [3.05, 3.63) is 71.5 Å².